The highest BCUT2D eigenvalue weighted by atomic mass is 16.5. The Bertz CT molecular complexity index is 957. The Hall–Kier alpha value is -3.34. The third-order valence-corrected chi connectivity index (χ3v) is 4.06. The number of anilines is 1. The summed E-state index contributed by atoms with van der Waals surface area (Å²) in [7, 11) is 0. The van der Waals surface area contributed by atoms with E-state index in [1.165, 1.54) is 16.7 Å². The van der Waals surface area contributed by atoms with Crippen molar-refractivity contribution in [3.63, 3.8) is 0 Å². The second kappa shape index (κ2) is 6.65. The van der Waals surface area contributed by atoms with Gasteiger partial charge < -0.3 is 14.7 Å². The quantitative estimate of drug-likeness (QED) is 0.596. The lowest BCUT2D eigenvalue weighted by Crippen LogP contribution is -1.92. The van der Waals surface area contributed by atoms with Gasteiger partial charge in [-0.2, -0.15) is 0 Å². The third kappa shape index (κ3) is 3.45. The number of hydrogen-bond acceptors (Lipinski definition) is 5. The van der Waals surface area contributed by atoms with Gasteiger partial charge in [-0.05, 0) is 34.9 Å². The minimum absolute atomic E-state index is 0.439. The Kier molecular flexibility index (Phi) is 4.04. The van der Waals surface area contributed by atoms with Crippen LogP contribution in [-0.2, 0) is 12.8 Å². The number of aromatic nitrogens is 2. The summed E-state index contributed by atoms with van der Waals surface area (Å²) in [6.07, 6.45) is 6.69. The van der Waals surface area contributed by atoms with E-state index in [-0.39, 0.29) is 0 Å². The van der Waals surface area contributed by atoms with Crippen molar-refractivity contribution >= 4 is 5.82 Å². The number of nitrogens with two attached hydrogens (primary N) is 1. The molecule has 5 heteroatoms. The summed E-state index contributed by atoms with van der Waals surface area (Å²) >= 11 is 0. The number of furan rings is 1. The van der Waals surface area contributed by atoms with Crippen LogP contribution in [0.25, 0.3) is 11.3 Å². The Morgan fingerprint density at radius 1 is 0.920 bits per heavy atom. The minimum atomic E-state index is 0.439. The highest BCUT2D eigenvalue weighted by molar-refractivity contribution is 5.69. The fraction of sp³-hybridized carbons (Fsp3) is 0.100. The molecule has 0 atom stereocenters. The molecule has 4 aromatic rings. The molecule has 0 aliphatic heterocycles. The molecule has 0 fully saturated rings. The van der Waals surface area contributed by atoms with Crippen molar-refractivity contribution in [1.82, 2.24) is 10.1 Å². The van der Waals surface area contributed by atoms with E-state index >= 15 is 0 Å². The van der Waals surface area contributed by atoms with Crippen molar-refractivity contribution in [2.24, 2.45) is 0 Å². The first-order valence-corrected chi connectivity index (χ1v) is 8.03. The molecule has 4 rings (SSSR count). The van der Waals surface area contributed by atoms with Crippen molar-refractivity contribution in [1.29, 1.82) is 0 Å². The Morgan fingerprint density at radius 2 is 1.72 bits per heavy atom. The maximum atomic E-state index is 5.88. The van der Waals surface area contributed by atoms with Crippen molar-refractivity contribution in [3.8, 4) is 11.3 Å². The number of benzene rings is 1. The topological polar surface area (TPSA) is 78.1 Å². The lowest BCUT2D eigenvalue weighted by molar-refractivity contribution is 0.425. The highest BCUT2D eigenvalue weighted by Gasteiger charge is 2.10. The van der Waals surface area contributed by atoms with Crippen LogP contribution in [0.4, 0.5) is 5.82 Å². The molecular weight excluding hydrogens is 314 g/mol. The van der Waals surface area contributed by atoms with E-state index in [9.17, 15) is 0 Å². The number of hydrogen-bond donors (Lipinski definition) is 1. The zero-order chi connectivity index (χ0) is 17.1. The molecule has 2 N–H and O–H groups in total. The van der Waals surface area contributed by atoms with Crippen molar-refractivity contribution < 1.29 is 8.94 Å². The van der Waals surface area contributed by atoms with E-state index in [1.54, 1.807) is 18.7 Å². The molecule has 0 saturated carbocycles. The van der Waals surface area contributed by atoms with Crippen LogP contribution in [0.5, 0.6) is 0 Å². The van der Waals surface area contributed by atoms with Crippen LogP contribution in [-0.4, -0.2) is 10.1 Å². The predicted molar refractivity (Wildman–Crippen MR) is 94.9 cm³/mol. The number of nitrogens with zero attached hydrogens (tertiary/aromatic N) is 2. The molecule has 0 radical (unpaired) electrons. The molecule has 3 heterocycles. The summed E-state index contributed by atoms with van der Waals surface area (Å²) in [5, 5.41) is 4.14. The van der Waals surface area contributed by atoms with E-state index in [4.69, 9.17) is 14.7 Å². The lowest BCUT2D eigenvalue weighted by Gasteiger charge is -2.01. The maximum absolute atomic E-state index is 5.88. The molecule has 0 saturated heterocycles. The monoisotopic (exact) mass is 331 g/mol. The Balaban J connectivity index is 1.47. The van der Waals surface area contributed by atoms with Gasteiger partial charge in [0.25, 0.3) is 0 Å². The van der Waals surface area contributed by atoms with Crippen LogP contribution in [0.2, 0.25) is 0 Å². The number of rotatable bonds is 5. The maximum Gasteiger partial charge on any atom is 0.170 e. The molecule has 25 heavy (non-hydrogen) atoms. The Labute approximate surface area is 145 Å². The Morgan fingerprint density at radius 3 is 2.44 bits per heavy atom. The summed E-state index contributed by atoms with van der Waals surface area (Å²) in [5.74, 6) is 1.07. The second-order valence-corrected chi connectivity index (χ2v) is 5.92. The highest BCUT2D eigenvalue weighted by Crippen LogP contribution is 2.25. The van der Waals surface area contributed by atoms with Crippen LogP contribution in [0.3, 0.4) is 0 Å². The van der Waals surface area contributed by atoms with E-state index < -0.39 is 0 Å². The second-order valence-electron chi connectivity index (χ2n) is 5.92. The average Bonchev–Trinajstić information content (AvgIpc) is 3.29. The standard InChI is InChI=1S/C20H17N3O2/c21-20-18(2-1-8-22-20)19-12-17(23-25-19)11-15-5-3-14(4-6-15)10-16-7-9-24-13-16/h1-9,12-13H,10-11H2,(H2,21,22). The van der Waals surface area contributed by atoms with Gasteiger partial charge in [-0.1, -0.05) is 29.4 Å². The summed E-state index contributed by atoms with van der Waals surface area (Å²) in [6, 6.07) is 16.1. The number of pyridine rings is 1. The van der Waals surface area contributed by atoms with Crippen LogP contribution >= 0.6 is 0 Å². The summed E-state index contributed by atoms with van der Waals surface area (Å²) in [6.45, 7) is 0. The molecule has 0 aliphatic carbocycles. The van der Waals surface area contributed by atoms with Gasteiger partial charge in [-0.3, -0.25) is 0 Å². The van der Waals surface area contributed by atoms with E-state index in [1.807, 2.05) is 24.3 Å². The minimum Gasteiger partial charge on any atom is -0.472 e. The van der Waals surface area contributed by atoms with Gasteiger partial charge in [0.05, 0.1) is 23.8 Å². The zero-order valence-electron chi connectivity index (χ0n) is 13.6. The normalized spacial score (nSPS) is 10.9. The van der Waals surface area contributed by atoms with Gasteiger partial charge in [0.1, 0.15) is 5.82 Å². The molecule has 0 bridgehead atoms. The predicted octanol–water partition coefficient (Wildman–Crippen LogP) is 4.09. The molecule has 1 aromatic carbocycles. The van der Waals surface area contributed by atoms with Crippen LogP contribution < -0.4 is 5.73 Å². The van der Waals surface area contributed by atoms with Crippen LogP contribution in [0.15, 0.2) is 76.2 Å². The summed E-state index contributed by atoms with van der Waals surface area (Å²) < 4.78 is 10.5. The van der Waals surface area contributed by atoms with E-state index in [2.05, 4.69) is 34.4 Å². The third-order valence-electron chi connectivity index (χ3n) is 4.06. The molecule has 0 unspecified atom stereocenters. The molecular formula is C20H17N3O2. The summed E-state index contributed by atoms with van der Waals surface area (Å²) in [4.78, 5) is 4.07. The van der Waals surface area contributed by atoms with Gasteiger partial charge in [-0.15, -0.1) is 0 Å². The van der Waals surface area contributed by atoms with Crippen molar-refractivity contribution in [2.75, 3.05) is 5.73 Å². The van der Waals surface area contributed by atoms with Gasteiger partial charge in [0.2, 0.25) is 0 Å². The molecule has 124 valence electrons. The first kappa shape index (κ1) is 15.2. The molecule has 0 spiro atoms. The molecule has 0 amide bonds. The first-order chi connectivity index (χ1) is 12.3. The molecule has 0 aliphatic rings. The van der Waals surface area contributed by atoms with E-state index in [0.717, 1.165) is 17.7 Å². The van der Waals surface area contributed by atoms with Crippen LogP contribution in [0, 0.1) is 0 Å². The number of nitrogen functional groups attached to an aromatic ring is 1. The van der Waals surface area contributed by atoms with Crippen molar-refractivity contribution in [2.45, 2.75) is 12.8 Å². The zero-order valence-corrected chi connectivity index (χ0v) is 13.6. The van der Waals surface area contributed by atoms with Crippen molar-refractivity contribution in [3.05, 3.63) is 89.6 Å². The SMILES string of the molecule is Nc1ncccc1-c1cc(Cc2ccc(Cc3ccoc3)cc2)no1. The largest absolute Gasteiger partial charge is 0.472 e. The summed E-state index contributed by atoms with van der Waals surface area (Å²) in [5.41, 5.74) is 11.1. The fourth-order valence-corrected chi connectivity index (χ4v) is 2.76. The van der Waals surface area contributed by atoms with Gasteiger partial charge in [0, 0.05) is 25.1 Å². The van der Waals surface area contributed by atoms with Crippen LogP contribution in [0.1, 0.15) is 22.4 Å². The lowest BCUT2D eigenvalue weighted by atomic mass is 10.0. The van der Waals surface area contributed by atoms with Gasteiger partial charge in [0.15, 0.2) is 5.76 Å². The first-order valence-electron chi connectivity index (χ1n) is 8.03. The molecule has 3 aromatic heterocycles. The molecule has 5 nitrogen and oxygen atoms in total. The smallest absolute Gasteiger partial charge is 0.170 e. The van der Waals surface area contributed by atoms with E-state index in [0.29, 0.717) is 18.0 Å². The fourth-order valence-electron chi connectivity index (χ4n) is 2.76. The average molecular weight is 331 g/mol. The van der Waals surface area contributed by atoms with Gasteiger partial charge in [-0.25, -0.2) is 4.98 Å². The van der Waals surface area contributed by atoms with Gasteiger partial charge >= 0.3 is 0 Å².